The van der Waals surface area contributed by atoms with Crippen LogP contribution >= 0.6 is 0 Å². The third-order valence-corrected chi connectivity index (χ3v) is 6.09. The molecule has 0 N–H and O–H groups in total. The van der Waals surface area contributed by atoms with Gasteiger partial charge in [0.2, 0.25) is 0 Å². The van der Waals surface area contributed by atoms with Crippen LogP contribution in [0.15, 0.2) is 11.8 Å². The molecule has 0 radical (unpaired) electrons. The van der Waals surface area contributed by atoms with Gasteiger partial charge in [-0.2, -0.15) is 0 Å². The van der Waals surface area contributed by atoms with Crippen LogP contribution in [0.5, 0.6) is 0 Å². The first kappa shape index (κ1) is 14.9. The number of sulfone groups is 1. The van der Waals surface area contributed by atoms with Crippen LogP contribution in [0.1, 0.15) is 57.8 Å². The van der Waals surface area contributed by atoms with Crippen molar-refractivity contribution in [1.29, 1.82) is 0 Å². The number of rotatable bonds is 4. The minimum Gasteiger partial charge on any atom is -0.501 e. The molecule has 1 aliphatic carbocycles. The Morgan fingerprint density at radius 3 is 2.68 bits per heavy atom. The van der Waals surface area contributed by atoms with E-state index in [2.05, 4.69) is 0 Å². The van der Waals surface area contributed by atoms with E-state index >= 15 is 0 Å². The summed E-state index contributed by atoms with van der Waals surface area (Å²) < 4.78 is 29.0. The summed E-state index contributed by atoms with van der Waals surface area (Å²) in [4.78, 5) is 0. The maximum absolute atomic E-state index is 11.7. The first-order valence-corrected chi connectivity index (χ1v) is 9.48. The zero-order chi connectivity index (χ0) is 13.6. The molecular formula is C15H26O3S. The molecule has 1 aliphatic heterocycles. The molecule has 1 atom stereocenters. The fourth-order valence-electron chi connectivity index (χ4n) is 3.04. The Labute approximate surface area is 117 Å². The van der Waals surface area contributed by atoms with E-state index in [0.717, 1.165) is 25.7 Å². The van der Waals surface area contributed by atoms with E-state index in [4.69, 9.17) is 4.74 Å². The first-order valence-electron chi connectivity index (χ1n) is 7.66. The highest BCUT2D eigenvalue weighted by atomic mass is 32.2. The molecule has 0 aromatic heterocycles. The minimum absolute atomic E-state index is 0.303. The molecule has 1 unspecified atom stereocenters. The minimum atomic E-state index is -2.80. The van der Waals surface area contributed by atoms with E-state index in [1.54, 1.807) is 0 Å². The van der Waals surface area contributed by atoms with Crippen LogP contribution in [0.3, 0.4) is 0 Å². The van der Waals surface area contributed by atoms with Gasteiger partial charge in [-0.15, -0.1) is 0 Å². The van der Waals surface area contributed by atoms with Gasteiger partial charge in [-0.25, -0.2) is 8.42 Å². The van der Waals surface area contributed by atoms with Crippen LogP contribution < -0.4 is 0 Å². The predicted octanol–water partition coefficient (Wildman–Crippen LogP) is 3.46. The summed E-state index contributed by atoms with van der Waals surface area (Å²) in [6.45, 7) is 0.670. The van der Waals surface area contributed by atoms with Gasteiger partial charge in [-0.3, -0.25) is 0 Å². The number of hydrogen-bond acceptors (Lipinski definition) is 3. The van der Waals surface area contributed by atoms with Crippen molar-refractivity contribution >= 4 is 9.84 Å². The summed E-state index contributed by atoms with van der Waals surface area (Å²) in [5.74, 6) is 1.05. The molecule has 0 bridgehead atoms. The van der Waals surface area contributed by atoms with Gasteiger partial charge in [-0.1, -0.05) is 12.8 Å². The molecule has 19 heavy (non-hydrogen) atoms. The molecular weight excluding hydrogens is 260 g/mol. The molecule has 3 nitrogen and oxygen atoms in total. The van der Waals surface area contributed by atoms with E-state index in [0.29, 0.717) is 24.0 Å². The van der Waals surface area contributed by atoms with E-state index in [9.17, 15) is 8.42 Å². The molecule has 110 valence electrons. The topological polar surface area (TPSA) is 43.4 Å². The highest BCUT2D eigenvalue weighted by Crippen LogP contribution is 2.23. The van der Waals surface area contributed by atoms with Gasteiger partial charge in [0.15, 0.2) is 9.84 Å². The molecule has 1 saturated heterocycles. The normalized spacial score (nSPS) is 27.6. The molecule has 1 heterocycles. The zero-order valence-corrected chi connectivity index (χ0v) is 12.6. The molecule has 0 aromatic carbocycles. The fraction of sp³-hybridized carbons (Fsp3) is 0.867. The van der Waals surface area contributed by atoms with E-state index in [1.165, 1.54) is 37.7 Å². The Balaban J connectivity index is 1.69. The summed E-state index contributed by atoms with van der Waals surface area (Å²) in [6, 6.07) is 0. The van der Waals surface area contributed by atoms with Crippen molar-refractivity contribution in [3.05, 3.63) is 11.8 Å². The predicted molar refractivity (Wildman–Crippen MR) is 77.7 cm³/mol. The lowest BCUT2D eigenvalue weighted by atomic mass is 9.96. The Bertz CT molecular complexity index is 390. The number of allylic oxidation sites excluding steroid dienone is 1. The summed E-state index contributed by atoms with van der Waals surface area (Å²) in [5, 5.41) is 0. The number of hydrogen-bond donors (Lipinski definition) is 0. The smallest absolute Gasteiger partial charge is 0.150 e. The van der Waals surface area contributed by atoms with E-state index < -0.39 is 9.84 Å². The van der Waals surface area contributed by atoms with Crippen LogP contribution in [0.25, 0.3) is 0 Å². The molecule has 0 aromatic rings. The van der Waals surface area contributed by atoms with E-state index in [1.807, 2.05) is 6.26 Å². The highest BCUT2D eigenvalue weighted by molar-refractivity contribution is 7.91. The number of ether oxygens (including phenoxy) is 1. The Morgan fingerprint density at radius 1 is 1.11 bits per heavy atom. The second kappa shape index (κ2) is 7.32. The van der Waals surface area contributed by atoms with Crippen LogP contribution in [-0.2, 0) is 14.6 Å². The van der Waals surface area contributed by atoms with Gasteiger partial charge in [0.25, 0.3) is 0 Å². The first-order chi connectivity index (χ1) is 9.16. The van der Waals surface area contributed by atoms with E-state index in [-0.39, 0.29) is 0 Å². The van der Waals surface area contributed by atoms with Crippen molar-refractivity contribution < 1.29 is 13.2 Å². The van der Waals surface area contributed by atoms with Crippen molar-refractivity contribution in [3.63, 3.8) is 0 Å². The van der Waals surface area contributed by atoms with Gasteiger partial charge < -0.3 is 4.74 Å². The van der Waals surface area contributed by atoms with Crippen LogP contribution in [-0.4, -0.2) is 26.5 Å². The summed E-state index contributed by atoms with van der Waals surface area (Å²) in [5.41, 5.74) is 1.43. The summed E-state index contributed by atoms with van der Waals surface area (Å²) in [7, 11) is -2.80. The fourth-order valence-corrected chi connectivity index (χ4v) is 4.91. The average molecular weight is 286 g/mol. The highest BCUT2D eigenvalue weighted by Gasteiger charge is 2.22. The van der Waals surface area contributed by atoms with Crippen molar-refractivity contribution in [2.75, 3.05) is 18.1 Å². The van der Waals surface area contributed by atoms with Gasteiger partial charge >= 0.3 is 0 Å². The summed E-state index contributed by atoms with van der Waals surface area (Å²) in [6.07, 6.45) is 12.0. The van der Waals surface area contributed by atoms with Gasteiger partial charge in [0.1, 0.15) is 0 Å². The summed E-state index contributed by atoms with van der Waals surface area (Å²) >= 11 is 0. The molecule has 0 amide bonds. The Hall–Kier alpha value is -0.510. The SMILES string of the molecule is O=S1(=O)CCCCC(CCOC=C2CCCCC2)C1. The standard InChI is InChI=1S/C15H26O3S/c16-19(17)11-5-4-8-15(13-19)9-10-18-12-14-6-2-1-3-7-14/h12,15H,1-11,13H2. The largest absolute Gasteiger partial charge is 0.501 e. The third kappa shape index (κ3) is 5.55. The Kier molecular flexibility index (Phi) is 5.74. The maximum Gasteiger partial charge on any atom is 0.150 e. The van der Waals surface area contributed by atoms with Gasteiger partial charge in [0.05, 0.1) is 24.4 Å². The Morgan fingerprint density at radius 2 is 1.89 bits per heavy atom. The molecule has 4 heteroatoms. The second-order valence-electron chi connectivity index (χ2n) is 5.97. The monoisotopic (exact) mass is 286 g/mol. The molecule has 2 fully saturated rings. The van der Waals surface area contributed by atoms with Gasteiger partial charge in [-0.05, 0) is 56.4 Å². The van der Waals surface area contributed by atoms with Crippen molar-refractivity contribution in [2.24, 2.45) is 5.92 Å². The lowest BCUT2D eigenvalue weighted by Gasteiger charge is -2.15. The average Bonchev–Trinajstić information content (AvgIpc) is 2.57. The van der Waals surface area contributed by atoms with Gasteiger partial charge in [0, 0.05) is 0 Å². The maximum atomic E-state index is 11.7. The lowest BCUT2D eigenvalue weighted by molar-refractivity contribution is 0.218. The second-order valence-corrected chi connectivity index (χ2v) is 8.20. The zero-order valence-electron chi connectivity index (χ0n) is 11.8. The van der Waals surface area contributed by atoms with Crippen LogP contribution in [0.2, 0.25) is 0 Å². The third-order valence-electron chi connectivity index (χ3n) is 4.20. The quantitative estimate of drug-likeness (QED) is 0.587. The van der Waals surface area contributed by atoms with Crippen LogP contribution in [0.4, 0.5) is 0 Å². The van der Waals surface area contributed by atoms with Crippen molar-refractivity contribution in [2.45, 2.75) is 57.8 Å². The molecule has 2 rings (SSSR count). The molecule has 0 spiro atoms. The van der Waals surface area contributed by atoms with Crippen molar-refractivity contribution in [3.8, 4) is 0 Å². The van der Waals surface area contributed by atoms with Crippen molar-refractivity contribution in [1.82, 2.24) is 0 Å². The lowest BCUT2D eigenvalue weighted by Crippen LogP contribution is -2.17. The molecule has 1 saturated carbocycles. The van der Waals surface area contributed by atoms with Crippen LogP contribution in [0, 0.1) is 5.92 Å². The molecule has 2 aliphatic rings.